The van der Waals surface area contributed by atoms with Gasteiger partial charge in [0.2, 0.25) is 12.3 Å². The summed E-state index contributed by atoms with van der Waals surface area (Å²) in [6.45, 7) is 2.61. The molecular weight excluding hydrogens is 358 g/mol. The van der Waals surface area contributed by atoms with Crippen molar-refractivity contribution in [3.8, 4) is 11.5 Å². The average molecular weight is 379 g/mol. The van der Waals surface area contributed by atoms with Gasteiger partial charge in [0.15, 0.2) is 11.5 Å². The van der Waals surface area contributed by atoms with Crippen molar-refractivity contribution in [2.45, 2.75) is 6.92 Å². The first-order valence-electron chi connectivity index (χ1n) is 8.88. The molecule has 28 heavy (non-hydrogen) atoms. The van der Waals surface area contributed by atoms with Crippen LogP contribution in [0.25, 0.3) is 0 Å². The molecule has 0 spiro atoms. The second-order valence-corrected chi connectivity index (χ2v) is 5.96. The average Bonchev–Trinajstić information content (AvgIpc) is 2.73. The number of fused-ring (bicyclic) bond motifs is 1. The lowest BCUT2D eigenvalue weighted by Crippen LogP contribution is -2.29. The zero-order valence-electron chi connectivity index (χ0n) is 15.5. The lowest BCUT2D eigenvalue weighted by molar-refractivity contribution is -0.125. The van der Waals surface area contributed by atoms with Gasteiger partial charge in [0.25, 0.3) is 0 Å². The Bertz CT molecular complexity index is 894. The van der Waals surface area contributed by atoms with Crippen LogP contribution in [0.2, 0.25) is 0 Å². The first kappa shape index (κ1) is 19.2. The highest BCUT2D eigenvalue weighted by atomic mass is 16.6. The largest absolute Gasteiger partial charge is 0.486 e. The second-order valence-electron chi connectivity index (χ2n) is 5.96. The van der Waals surface area contributed by atoms with Crippen molar-refractivity contribution in [1.29, 1.82) is 0 Å². The predicted octanol–water partition coefficient (Wildman–Crippen LogP) is 2.84. The summed E-state index contributed by atoms with van der Waals surface area (Å²) in [5, 5.41) is 8.10. The normalized spacial score (nSPS) is 13.2. The third kappa shape index (κ3) is 4.97. The highest BCUT2D eigenvalue weighted by molar-refractivity contribution is 6.08. The van der Waals surface area contributed by atoms with Crippen molar-refractivity contribution in [3.05, 3.63) is 66.2 Å². The molecule has 0 aliphatic carbocycles. The maximum atomic E-state index is 12.4. The van der Waals surface area contributed by atoms with Crippen molar-refractivity contribution in [2.24, 2.45) is 5.10 Å². The van der Waals surface area contributed by atoms with E-state index < -0.39 is 0 Å². The van der Waals surface area contributed by atoms with E-state index in [1.807, 2.05) is 43.3 Å². The summed E-state index contributed by atoms with van der Waals surface area (Å²) in [6, 6.07) is 14.6. The van der Waals surface area contributed by atoms with Gasteiger partial charge in [-0.05, 0) is 25.1 Å². The lowest BCUT2D eigenvalue weighted by Gasteiger charge is -2.19. The second kappa shape index (κ2) is 9.36. The van der Waals surface area contributed by atoms with E-state index in [1.165, 1.54) is 0 Å². The van der Waals surface area contributed by atoms with Crippen LogP contribution >= 0.6 is 0 Å². The number of nitrogens with one attached hydrogen (secondary N) is 1. The van der Waals surface area contributed by atoms with Crippen LogP contribution in [-0.4, -0.2) is 42.8 Å². The molecule has 0 aromatic heterocycles. The maximum Gasteiger partial charge on any atom is 0.246 e. The Hall–Kier alpha value is -3.61. The van der Waals surface area contributed by atoms with Crippen molar-refractivity contribution >= 4 is 23.7 Å². The molecule has 1 aliphatic heterocycles. The number of ether oxygens (including phenoxy) is 2. The molecule has 2 amide bonds. The monoisotopic (exact) mass is 379 g/mol. The molecule has 1 N–H and O–H groups in total. The van der Waals surface area contributed by atoms with E-state index in [2.05, 4.69) is 10.4 Å². The SMILES string of the molecule is C/C=C\C(=N/N(C=O)CC(=O)Nc1ccc2c(c1)OCCO2)c1ccccc1. The smallest absolute Gasteiger partial charge is 0.246 e. The Balaban J connectivity index is 1.69. The highest BCUT2D eigenvalue weighted by Gasteiger charge is 2.14. The summed E-state index contributed by atoms with van der Waals surface area (Å²) >= 11 is 0. The molecule has 7 heteroatoms. The number of hydrogen-bond acceptors (Lipinski definition) is 5. The van der Waals surface area contributed by atoms with Crippen LogP contribution in [0.4, 0.5) is 5.69 Å². The Morgan fingerprint density at radius 1 is 1.14 bits per heavy atom. The Morgan fingerprint density at radius 3 is 2.61 bits per heavy atom. The van der Waals surface area contributed by atoms with Gasteiger partial charge in [-0.2, -0.15) is 5.10 Å². The topological polar surface area (TPSA) is 80.2 Å². The number of amides is 2. The maximum absolute atomic E-state index is 12.4. The van der Waals surface area contributed by atoms with Gasteiger partial charge < -0.3 is 14.8 Å². The highest BCUT2D eigenvalue weighted by Crippen LogP contribution is 2.32. The molecule has 0 saturated heterocycles. The summed E-state index contributed by atoms with van der Waals surface area (Å²) < 4.78 is 11.0. The lowest BCUT2D eigenvalue weighted by atomic mass is 10.1. The van der Waals surface area contributed by atoms with Crippen LogP contribution in [0, 0.1) is 0 Å². The molecular formula is C21H21N3O4. The Kier molecular flexibility index (Phi) is 6.41. The molecule has 3 rings (SSSR count). The molecule has 1 aliphatic rings. The molecule has 0 unspecified atom stereocenters. The van der Waals surface area contributed by atoms with Gasteiger partial charge in [-0.15, -0.1) is 0 Å². The van der Waals surface area contributed by atoms with Crippen molar-refractivity contribution in [1.82, 2.24) is 5.01 Å². The fourth-order valence-electron chi connectivity index (χ4n) is 2.66. The van der Waals surface area contributed by atoms with Gasteiger partial charge >= 0.3 is 0 Å². The number of nitrogens with zero attached hydrogens (tertiary/aromatic N) is 2. The molecule has 0 bridgehead atoms. The van der Waals surface area contributed by atoms with Crippen LogP contribution in [0.1, 0.15) is 12.5 Å². The number of allylic oxidation sites excluding steroid dienone is 2. The van der Waals surface area contributed by atoms with Gasteiger partial charge in [0.1, 0.15) is 19.8 Å². The van der Waals surface area contributed by atoms with Crippen molar-refractivity contribution < 1.29 is 19.1 Å². The van der Waals surface area contributed by atoms with Crippen LogP contribution in [0.15, 0.2) is 65.8 Å². The van der Waals surface area contributed by atoms with E-state index in [0.717, 1.165) is 10.6 Å². The number of benzene rings is 2. The zero-order valence-corrected chi connectivity index (χ0v) is 15.5. The molecule has 1 heterocycles. The number of hydrogen-bond donors (Lipinski definition) is 1. The molecule has 0 atom stereocenters. The van der Waals surface area contributed by atoms with Crippen LogP contribution in [-0.2, 0) is 9.59 Å². The molecule has 7 nitrogen and oxygen atoms in total. The van der Waals surface area contributed by atoms with Gasteiger partial charge in [0.05, 0.1) is 5.71 Å². The number of rotatable bonds is 7. The van der Waals surface area contributed by atoms with Crippen molar-refractivity contribution in [2.75, 3.05) is 25.1 Å². The van der Waals surface area contributed by atoms with E-state index in [0.29, 0.717) is 42.5 Å². The third-order valence-corrected chi connectivity index (χ3v) is 3.88. The standard InChI is InChI=1S/C21H21N3O4/c1-2-6-18(16-7-4-3-5-8-16)23-24(15-25)14-21(26)22-17-9-10-19-20(13-17)28-12-11-27-19/h2-10,13,15H,11-12,14H2,1H3,(H,22,26)/b6-2-,23-18+. The molecule has 2 aromatic rings. The summed E-state index contributed by atoms with van der Waals surface area (Å²) in [7, 11) is 0. The minimum absolute atomic E-state index is 0.216. The van der Waals surface area contributed by atoms with Gasteiger partial charge in [-0.1, -0.05) is 36.4 Å². The quantitative estimate of drug-likeness (QED) is 0.456. The fraction of sp³-hybridized carbons (Fsp3) is 0.190. The number of carbonyl (C=O) groups excluding carboxylic acids is 2. The first-order valence-corrected chi connectivity index (χ1v) is 8.88. The van der Waals surface area contributed by atoms with Crippen LogP contribution in [0.5, 0.6) is 11.5 Å². The van der Waals surface area contributed by atoms with E-state index in [-0.39, 0.29) is 12.5 Å². The molecule has 0 fully saturated rings. The molecule has 2 aromatic carbocycles. The first-order chi connectivity index (χ1) is 13.7. The number of carbonyl (C=O) groups is 2. The predicted molar refractivity (Wildman–Crippen MR) is 107 cm³/mol. The molecule has 0 radical (unpaired) electrons. The van der Waals surface area contributed by atoms with Crippen LogP contribution in [0.3, 0.4) is 0 Å². The van der Waals surface area contributed by atoms with E-state index in [9.17, 15) is 9.59 Å². The number of hydrazone groups is 1. The zero-order chi connectivity index (χ0) is 19.8. The minimum atomic E-state index is -0.375. The minimum Gasteiger partial charge on any atom is -0.486 e. The molecule has 144 valence electrons. The molecule has 0 saturated carbocycles. The third-order valence-electron chi connectivity index (χ3n) is 3.88. The van der Waals surface area contributed by atoms with E-state index >= 15 is 0 Å². The van der Waals surface area contributed by atoms with Gasteiger partial charge in [0, 0.05) is 17.3 Å². The van der Waals surface area contributed by atoms with E-state index in [4.69, 9.17) is 9.47 Å². The van der Waals surface area contributed by atoms with Gasteiger partial charge in [-0.25, -0.2) is 5.01 Å². The summed E-state index contributed by atoms with van der Waals surface area (Å²) in [5.74, 6) is 0.844. The number of anilines is 1. The summed E-state index contributed by atoms with van der Waals surface area (Å²) in [4.78, 5) is 23.8. The van der Waals surface area contributed by atoms with Crippen LogP contribution < -0.4 is 14.8 Å². The van der Waals surface area contributed by atoms with Crippen molar-refractivity contribution in [3.63, 3.8) is 0 Å². The van der Waals surface area contributed by atoms with Gasteiger partial charge in [-0.3, -0.25) is 9.59 Å². The summed E-state index contributed by atoms with van der Waals surface area (Å²) in [5.41, 5.74) is 1.99. The fourth-order valence-corrected chi connectivity index (χ4v) is 2.66. The Morgan fingerprint density at radius 2 is 1.89 bits per heavy atom. The Labute approximate surface area is 163 Å². The summed E-state index contributed by atoms with van der Waals surface area (Å²) in [6.07, 6.45) is 4.13. The van der Waals surface area contributed by atoms with E-state index in [1.54, 1.807) is 24.3 Å².